The summed E-state index contributed by atoms with van der Waals surface area (Å²) in [4.78, 5) is 14.5. The lowest BCUT2D eigenvalue weighted by atomic mass is 9.95. The number of aromatic nitrogens is 1. The number of rotatable bonds is 8. The van der Waals surface area contributed by atoms with Gasteiger partial charge in [-0.05, 0) is 57.1 Å². The van der Waals surface area contributed by atoms with Gasteiger partial charge in [-0.15, -0.1) is 0 Å². The van der Waals surface area contributed by atoms with E-state index >= 15 is 0 Å². The number of hydrogen-bond acceptors (Lipinski definition) is 5. The van der Waals surface area contributed by atoms with Gasteiger partial charge in [0.05, 0.1) is 12.2 Å². The average Bonchev–Trinajstić information content (AvgIpc) is 3.17. The van der Waals surface area contributed by atoms with Crippen LogP contribution in [-0.4, -0.2) is 67.2 Å². The predicted molar refractivity (Wildman–Crippen MR) is 101 cm³/mol. The number of nitrogens with one attached hydrogen (secondary N) is 1. The second-order valence-electron chi connectivity index (χ2n) is 7.09. The molecule has 0 saturated carbocycles. The number of pyridine rings is 1. The lowest BCUT2D eigenvalue weighted by Gasteiger charge is -2.30. The van der Waals surface area contributed by atoms with Crippen LogP contribution in [0.1, 0.15) is 31.2 Å². The summed E-state index contributed by atoms with van der Waals surface area (Å²) in [6, 6.07) is 4.32. The number of halogens is 1. The summed E-state index contributed by atoms with van der Waals surface area (Å²) in [5.74, 6) is 0. The minimum absolute atomic E-state index is 0.179. The van der Waals surface area contributed by atoms with Crippen LogP contribution in [0.15, 0.2) is 34.5 Å². The van der Waals surface area contributed by atoms with Gasteiger partial charge >= 0.3 is 6.02 Å². The summed E-state index contributed by atoms with van der Waals surface area (Å²) < 4.78 is 19.5. The quantitative estimate of drug-likeness (QED) is 0.438. The molecule has 0 amide bonds. The van der Waals surface area contributed by atoms with Gasteiger partial charge in [0.2, 0.25) is 0 Å². The van der Waals surface area contributed by atoms with Gasteiger partial charge in [0.1, 0.15) is 12.8 Å². The molecule has 6 nitrogen and oxygen atoms in total. The molecule has 0 aliphatic carbocycles. The van der Waals surface area contributed by atoms with Crippen LogP contribution >= 0.6 is 0 Å². The van der Waals surface area contributed by atoms with E-state index in [2.05, 4.69) is 38.0 Å². The molecule has 1 aromatic heterocycles. The van der Waals surface area contributed by atoms with Crippen LogP contribution < -0.4 is 5.32 Å². The first-order valence-corrected chi connectivity index (χ1v) is 9.34. The third kappa shape index (κ3) is 4.86. The molecule has 0 aromatic carbocycles. The van der Waals surface area contributed by atoms with E-state index in [1.54, 1.807) is 6.20 Å². The number of aliphatic imine (C=N–C) groups is 2. The van der Waals surface area contributed by atoms with Crippen LogP contribution in [0.25, 0.3) is 0 Å². The number of hydrogen-bond donors (Lipinski definition) is 1. The van der Waals surface area contributed by atoms with Gasteiger partial charge in [0.15, 0.2) is 0 Å². The molecule has 2 aliphatic rings. The molecule has 7 heteroatoms. The van der Waals surface area contributed by atoms with Crippen molar-refractivity contribution in [1.29, 1.82) is 0 Å². The minimum Gasteiger partial charge on any atom is -0.462 e. The molecule has 0 radical (unpaired) electrons. The number of amidine groups is 1. The van der Waals surface area contributed by atoms with Gasteiger partial charge in [0.25, 0.3) is 0 Å². The number of fused-ring (bicyclic) bond motifs is 1. The third-order valence-electron chi connectivity index (χ3n) is 5.23. The van der Waals surface area contributed by atoms with Gasteiger partial charge in [-0.25, -0.2) is 14.4 Å². The van der Waals surface area contributed by atoms with Gasteiger partial charge < -0.3 is 4.74 Å². The van der Waals surface area contributed by atoms with E-state index in [-0.39, 0.29) is 11.6 Å². The van der Waals surface area contributed by atoms with Gasteiger partial charge in [-0.1, -0.05) is 6.07 Å². The van der Waals surface area contributed by atoms with Crippen LogP contribution in [0.5, 0.6) is 0 Å². The molecule has 142 valence electrons. The molecule has 3 heterocycles. The van der Waals surface area contributed by atoms with Crippen molar-refractivity contribution in [3.8, 4) is 0 Å². The predicted octanol–water partition coefficient (Wildman–Crippen LogP) is 2.21. The highest BCUT2D eigenvalue weighted by Gasteiger charge is 2.49. The van der Waals surface area contributed by atoms with Crippen molar-refractivity contribution in [3.05, 3.63) is 30.1 Å². The maximum atomic E-state index is 13.8. The third-order valence-corrected chi connectivity index (χ3v) is 5.23. The van der Waals surface area contributed by atoms with Crippen LogP contribution in [0.4, 0.5) is 4.39 Å². The molecule has 2 atom stereocenters. The van der Waals surface area contributed by atoms with Crippen molar-refractivity contribution < 1.29 is 9.13 Å². The summed E-state index contributed by atoms with van der Waals surface area (Å²) in [5.41, 5.74) is 1.06. The molecule has 2 aliphatic heterocycles. The highest BCUT2D eigenvalue weighted by Crippen LogP contribution is 2.40. The van der Waals surface area contributed by atoms with E-state index in [4.69, 9.17) is 4.74 Å². The topological polar surface area (TPSA) is 62.1 Å². The Bertz CT molecular complexity index is 611. The van der Waals surface area contributed by atoms with E-state index in [0.29, 0.717) is 26.2 Å². The summed E-state index contributed by atoms with van der Waals surface area (Å²) in [6.07, 6.45) is 7.53. The summed E-state index contributed by atoms with van der Waals surface area (Å²) in [6.45, 7) is 6.73. The maximum Gasteiger partial charge on any atom is 0.312 e. The Morgan fingerprint density at radius 2 is 2.46 bits per heavy atom. The SMILES string of the molecule is C=N/C(=N\CNCCCc1cccnc1)OC[C@@]12CCCN1C[C@H](F)C2. The smallest absolute Gasteiger partial charge is 0.312 e. The molecule has 1 aromatic rings. The zero-order valence-corrected chi connectivity index (χ0v) is 15.2. The number of ether oxygens (including phenoxy) is 1. The average molecular weight is 361 g/mol. The van der Waals surface area contributed by atoms with E-state index in [1.165, 1.54) is 5.56 Å². The van der Waals surface area contributed by atoms with Crippen LogP contribution in [0.2, 0.25) is 0 Å². The molecule has 1 N–H and O–H groups in total. The number of aryl methyl sites for hydroxylation is 1. The Balaban J connectivity index is 1.36. The standard InChI is InChI=1S/C19H28FN5O/c1-21-18(24-15-23-9-3-6-16-5-2-8-22-12-16)26-14-19-7-4-10-25(19)13-17(20)11-19/h2,5,8,12,17,23H,1,3-4,6-7,9-11,13-15H2/b24-18+/t17-,19+/m1/s1. The minimum atomic E-state index is -0.752. The molecular formula is C19H28FN5O. The van der Waals surface area contributed by atoms with Crippen LogP contribution in [0.3, 0.4) is 0 Å². The Morgan fingerprint density at radius 1 is 1.54 bits per heavy atom. The molecular weight excluding hydrogens is 333 g/mol. The molecule has 2 fully saturated rings. The highest BCUT2D eigenvalue weighted by molar-refractivity contribution is 5.78. The Labute approximate surface area is 154 Å². The summed E-state index contributed by atoms with van der Waals surface area (Å²) >= 11 is 0. The zero-order valence-electron chi connectivity index (χ0n) is 15.2. The van der Waals surface area contributed by atoms with Crippen molar-refractivity contribution in [3.63, 3.8) is 0 Å². The van der Waals surface area contributed by atoms with Crippen molar-refractivity contribution in [2.75, 3.05) is 32.9 Å². The van der Waals surface area contributed by atoms with Crippen LogP contribution in [-0.2, 0) is 11.2 Å². The Hall–Kier alpha value is -1.86. The normalized spacial score (nSPS) is 26.0. The van der Waals surface area contributed by atoms with Crippen molar-refractivity contribution in [2.45, 2.75) is 43.8 Å². The second kappa shape index (κ2) is 9.19. The molecule has 0 unspecified atom stereocenters. The van der Waals surface area contributed by atoms with Gasteiger partial charge in [0, 0.05) is 25.4 Å². The fourth-order valence-corrected chi connectivity index (χ4v) is 3.95. The fraction of sp³-hybridized carbons (Fsp3) is 0.632. The monoisotopic (exact) mass is 361 g/mol. The Kier molecular flexibility index (Phi) is 6.68. The number of nitrogens with zero attached hydrogens (tertiary/aromatic N) is 4. The molecule has 0 spiro atoms. The van der Waals surface area contributed by atoms with Crippen LogP contribution in [0, 0.1) is 0 Å². The summed E-state index contributed by atoms with van der Waals surface area (Å²) in [7, 11) is 0. The maximum absolute atomic E-state index is 13.8. The van der Waals surface area contributed by atoms with Crippen molar-refractivity contribution in [1.82, 2.24) is 15.2 Å². The van der Waals surface area contributed by atoms with E-state index < -0.39 is 6.17 Å². The first kappa shape index (κ1) is 18.9. The van der Waals surface area contributed by atoms with E-state index in [9.17, 15) is 4.39 Å². The van der Waals surface area contributed by atoms with E-state index in [1.807, 2.05) is 12.3 Å². The first-order chi connectivity index (χ1) is 12.7. The Morgan fingerprint density at radius 3 is 3.27 bits per heavy atom. The molecule has 0 bridgehead atoms. The van der Waals surface area contributed by atoms with Gasteiger partial charge in [-0.2, -0.15) is 0 Å². The molecule has 3 rings (SSSR count). The molecule has 26 heavy (non-hydrogen) atoms. The van der Waals surface area contributed by atoms with E-state index in [0.717, 1.165) is 38.8 Å². The van der Waals surface area contributed by atoms with Gasteiger partial charge in [-0.3, -0.25) is 15.2 Å². The first-order valence-electron chi connectivity index (χ1n) is 9.34. The van der Waals surface area contributed by atoms with Crippen molar-refractivity contribution in [2.24, 2.45) is 9.98 Å². The van der Waals surface area contributed by atoms with Crippen molar-refractivity contribution >= 4 is 12.7 Å². The lowest BCUT2D eigenvalue weighted by molar-refractivity contribution is 0.105. The highest BCUT2D eigenvalue weighted by atomic mass is 19.1. The number of alkyl halides is 1. The zero-order chi connectivity index (χ0) is 18.2. The fourth-order valence-electron chi connectivity index (χ4n) is 3.95. The summed E-state index contributed by atoms with van der Waals surface area (Å²) in [5, 5.41) is 3.25. The largest absolute Gasteiger partial charge is 0.462 e. The molecule has 2 saturated heterocycles. The lowest BCUT2D eigenvalue weighted by Crippen LogP contribution is -2.43. The second-order valence-corrected chi connectivity index (χ2v) is 7.09.